The molecule has 0 spiro atoms. The number of halogens is 1. The largest absolute Gasteiger partial charge is 0.359 e. The number of rotatable bonds is 8. The van der Waals surface area contributed by atoms with Gasteiger partial charge >= 0.3 is 0 Å². The summed E-state index contributed by atoms with van der Waals surface area (Å²) in [6.07, 6.45) is 2.48. The van der Waals surface area contributed by atoms with Gasteiger partial charge in [0.25, 0.3) is 0 Å². The fourth-order valence-electron chi connectivity index (χ4n) is 3.53. The van der Waals surface area contributed by atoms with Gasteiger partial charge in [0, 0.05) is 25.7 Å². The Morgan fingerprint density at radius 1 is 1.33 bits per heavy atom. The van der Waals surface area contributed by atoms with Crippen LogP contribution in [-0.4, -0.2) is 56.5 Å². The fraction of sp³-hybridized carbons (Fsp3) is 0.700. The van der Waals surface area contributed by atoms with Crippen LogP contribution in [0.1, 0.15) is 62.6 Å². The Morgan fingerprint density at radius 3 is 2.77 bits per heavy atom. The van der Waals surface area contributed by atoms with Gasteiger partial charge < -0.3 is 19.7 Å². The molecule has 0 saturated carbocycles. The molecular formula is C20H35IN8O. The average molecular weight is 530 g/mol. The number of hydrogen-bond donors (Lipinski definition) is 2. The van der Waals surface area contributed by atoms with E-state index in [2.05, 4.69) is 51.7 Å². The van der Waals surface area contributed by atoms with Gasteiger partial charge in [0.1, 0.15) is 12.4 Å². The Balaban J connectivity index is 0.00000320. The summed E-state index contributed by atoms with van der Waals surface area (Å²) in [5.74, 6) is 3.61. The number of nitrogens with one attached hydrogen (secondary N) is 2. The summed E-state index contributed by atoms with van der Waals surface area (Å²) in [6.45, 7) is 12.5. The van der Waals surface area contributed by atoms with Gasteiger partial charge in [0.15, 0.2) is 17.5 Å². The second kappa shape index (κ2) is 11.6. The Labute approximate surface area is 196 Å². The first-order chi connectivity index (χ1) is 14.0. The number of aryl methyl sites for hydroxylation is 1. The number of likely N-dealkylation sites (tertiary alicyclic amines) is 1. The van der Waals surface area contributed by atoms with Gasteiger partial charge in [-0.2, -0.15) is 0 Å². The Hall–Kier alpha value is -1.69. The van der Waals surface area contributed by atoms with E-state index in [9.17, 15) is 0 Å². The zero-order valence-electron chi connectivity index (χ0n) is 18.7. The van der Waals surface area contributed by atoms with E-state index in [4.69, 9.17) is 9.52 Å². The molecular weight excluding hydrogens is 495 g/mol. The van der Waals surface area contributed by atoms with Crippen LogP contribution in [0.15, 0.2) is 15.6 Å². The van der Waals surface area contributed by atoms with E-state index < -0.39 is 0 Å². The number of aromatic nitrogens is 4. The summed E-state index contributed by atoms with van der Waals surface area (Å²) in [5, 5.41) is 19.3. The van der Waals surface area contributed by atoms with Crippen molar-refractivity contribution in [1.82, 2.24) is 35.5 Å². The quantitative estimate of drug-likeness (QED) is 0.308. The molecule has 168 valence electrons. The smallest absolute Gasteiger partial charge is 0.192 e. The molecule has 0 aliphatic carbocycles. The average Bonchev–Trinajstić information content (AvgIpc) is 3.43. The monoisotopic (exact) mass is 530 g/mol. The van der Waals surface area contributed by atoms with Crippen LogP contribution >= 0.6 is 24.0 Å². The lowest BCUT2D eigenvalue weighted by Gasteiger charge is -2.24. The Morgan fingerprint density at radius 2 is 2.13 bits per heavy atom. The SMILES string of the molecule is CCN1CCCC1CNC(=NCc1nnc(C)n1C)NCc1cc(C(C)C)no1.I. The van der Waals surface area contributed by atoms with Crippen LogP contribution in [0.3, 0.4) is 0 Å². The van der Waals surface area contributed by atoms with Crippen LogP contribution in [0.25, 0.3) is 0 Å². The highest BCUT2D eigenvalue weighted by atomic mass is 127. The third kappa shape index (κ3) is 6.40. The Bertz CT molecular complexity index is 816. The number of guanidine groups is 1. The molecule has 3 rings (SSSR count). The normalized spacial score (nSPS) is 17.4. The fourth-order valence-corrected chi connectivity index (χ4v) is 3.53. The summed E-state index contributed by atoms with van der Waals surface area (Å²) < 4.78 is 7.40. The van der Waals surface area contributed by atoms with Gasteiger partial charge in [0.05, 0.1) is 12.2 Å². The second-order valence-electron chi connectivity index (χ2n) is 7.92. The van der Waals surface area contributed by atoms with E-state index in [0.29, 0.717) is 25.0 Å². The molecule has 2 aromatic rings. The molecule has 0 amide bonds. The maximum atomic E-state index is 5.44. The highest BCUT2D eigenvalue weighted by Gasteiger charge is 2.23. The van der Waals surface area contributed by atoms with Crippen molar-refractivity contribution in [1.29, 1.82) is 0 Å². The van der Waals surface area contributed by atoms with Crippen LogP contribution in [0.5, 0.6) is 0 Å². The van der Waals surface area contributed by atoms with Crippen molar-refractivity contribution in [2.24, 2.45) is 12.0 Å². The van der Waals surface area contributed by atoms with Crippen LogP contribution in [-0.2, 0) is 20.1 Å². The van der Waals surface area contributed by atoms with Crippen LogP contribution < -0.4 is 10.6 Å². The molecule has 1 aliphatic heterocycles. The van der Waals surface area contributed by atoms with E-state index in [1.165, 1.54) is 19.4 Å². The van der Waals surface area contributed by atoms with Crippen molar-refractivity contribution >= 4 is 29.9 Å². The van der Waals surface area contributed by atoms with Crippen molar-refractivity contribution in [2.75, 3.05) is 19.6 Å². The lowest BCUT2D eigenvalue weighted by Crippen LogP contribution is -2.44. The van der Waals surface area contributed by atoms with Crippen molar-refractivity contribution in [2.45, 2.75) is 65.6 Å². The minimum Gasteiger partial charge on any atom is -0.359 e. The molecule has 2 N–H and O–H groups in total. The summed E-state index contributed by atoms with van der Waals surface area (Å²) in [4.78, 5) is 7.24. The lowest BCUT2D eigenvalue weighted by molar-refractivity contribution is 0.267. The first-order valence-electron chi connectivity index (χ1n) is 10.5. The summed E-state index contributed by atoms with van der Waals surface area (Å²) in [6, 6.07) is 2.54. The molecule has 10 heteroatoms. The van der Waals surface area contributed by atoms with Crippen molar-refractivity contribution in [3.8, 4) is 0 Å². The van der Waals surface area contributed by atoms with E-state index in [0.717, 1.165) is 42.2 Å². The predicted molar refractivity (Wildman–Crippen MR) is 128 cm³/mol. The van der Waals surface area contributed by atoms with Crippen molar-refractivity contribution < 1.29 is 4.52 Å². The topological polar surface area (TPSA) is 96.4 Å². The highest BCUT2D eigenvalue weighted by Crippen LogP contribution is 2.16. The lowest BCUT2D eigenvalue weighted by atomic mass is 10.1. The van der Waals surface area contributed by atoms with Crippen LogP contribution in [0.4, 0.5) is 0 Å². The molecule has 1 saturated heterocycles. The highest BCUT2D eigenvalue weighted by molar-refractivity contribution is 14.0. The molecule has 0 radical (unpaired) electrons. The molecule has 30 heavy (non-hydrogen) atoms. The van der Waals surface area contributed by atoms with Crippen molar-refractivity contribution in [3.63, 3.8) is 0 Å². The number of nitrogens with zero attached hydrogens (tertiary/aromatic N) is 6. The van der Waals surface area contributed by atoms with E-state index in [-0.39, 0.29) is 24.0 Å². The maximum Gasteiger partial charge on any atom is 0.192 e. The minimum atomic E-state index is 0. The van der Waals surface area contributed by atoms with Gasteiger partial charge in [-0.15, -0.1) is 34.2 Å². The standard InChI is InChI=1S/C20H34N8O.HI/c1-6-28-9-7-8-16(28)11-21-20(23-13-19-25-24-15(4)27(19)5)22-12-17-10-18(14(2)3)26-29-17;/h10,14,16H,6-9,11-13H2,1-5H3,(H2,21,22,23);1H. The van der Waals surface area contributed by atoms with Gasteiger partial charge in [-0.3, -0.25) is 4.90 Å². The first-order valence-corrected chi connectivity index (χ1v) is 10.5. The zero-order chi connectivity index (χ0) is 20.8. The van der Waals surface area contributed by atoms with E-state index in [1.807, 2.05) is 24.6 Å². The molecule has 9 nitrogen and oxygen atoms in total. The second-order valence-corrected chi connectivity index (χ2v) is 7.92. The molecule has 1 aliphatic rings. The maximum absolute atomic E-state index is 5.44. The molecule has 3 heterocycles. The number of aliphatic imine (C=N–C) groups is 1. The van der Waals surface area contributed by atoms with E-state index in [1.54, 1.807) is 0 Å². The van der Waals surface area contributed by atoms with Crippen molar-refractivity contribution in [3.05, 3.63) is 29.2 Å². The number of likely N-dealkylation sites (N-methyl/N-ethyl adjacent to an activating group) is 1. The summed E-state index contributed by atoms with van der Waals surface area (Å²) >= 11 is 0. The molecule has 2 aromatic heterocycles. The summed E-state index contributed by atoms with van der Waals surface area (Å²) in [7, 11) is 1.96. The number of hydrogen-bond acceptors (Lipinski definition) is 6. The first kappa shape index (κ1) is 24.6. The van der Waals surface area contributed by atoms with Crippen LogP contribution in [0.2, 0.25) is 0 Å². The zero-order valence-corrected chi connectivity index (χ0v) is 21.0. The molecule has 0 bridgehead atoms. The molecule has 1 fully saturated rings. The summed E-state index contributed by atoms with van der Waals surface area (Å²) in [5.41, 5.74) is 0.965. The van der Waals surface area contributed by atoms with Gasteiger partial charge in [-0.05, 0) is 38.8 Å². The van der Waals surface area contributed by atoms with E-state index >= 15 is 0 Å². The Kier molecular flexibility index (Phi) is 9.53. The van der Waals surface area contributed by atoms with Gasteiger partial charge in [-0.25, -0.2) is 4.99 Å². The van der Waals surface area contributed by atoms with Gasteiger partial charge in [0.2, 0.25) is 0 Å². The third-order valence-electron chi connectivity index (χ3n) is 5.57. The minimum absolute atomic E-state index is 0. The van der Waals surface area contributed by atoms with Crippen LogP contribution in [0, 0.1) is 6.92 Å². The van der Waals surface area contributed by atoms with Gasteiger partial charge in [-0.1, -0.05) is 25.9 Å². The third-order valence-corrected chi connectivity index (χ3v) is 5.57. The molecule has 1 unspecified atom stereocenters. The predicted octanol–water partition coefficient (Wildman–Crippen LogP) is 2.57. The molecule has 0 aromatic carbocycles. The molecule has 1 atom stereocenters.